The van der Waals surface area contributed by atoms with Gasteiger partial charge in [-0.3, -0.25) is 4.99 Å². The van der Waals surface area contributed by atoms with Crippen molar-refractivity contribution in [2.45, 2.75) is 40.5 Å². The quantitative estimate of drug-likeness (QED) is 0.305. The second kappa shape index (κ2) is 12.4. The highest BCUT2D eigenvalue weighted by Gasteiger charge is 2.08. The van der Waals surface area contributed by atoms with Gasteiger partial charge in [0, 0.05) is 25.4 Å². The van der Waals surface area contributed by atoms with E-state index in [2.05, 4.69) is 49.6 Å². The number of guanidine groups is 1. The summed E-state index contributed by atoms with van der Waals surface area (Å²) in [6.45, 7) is 11.7. The molecule has 0 aliphatic heterocycles. The van der Waals surface area contributed by atoms with Gasteiger partial charge in [0.25, 0.3) is 0 Å². The van der Waals surface area contributed by atoms with E-state index in [1.54, 1.807) is 0 Å². The second-order valence-electron chi connectivity index (χ2n) is 5.34. The Kier molecular flexibility index (Phi) is 14.2. The molecular formula is C13H30IN3S. The van der Waals surface area contributed by atoms with Crippen molar-refractivity contribution in [3.8, 4) is 0 Å². The Morgan fingerprint density at radius 3 is 2.39 bits per heavy atom. The van der Waals surface area contributed by atoms with Gasteiger partial charge >= 0.3 is 0 Å². The summed E-state index contributed by atoms with van der Waals surface area (Å²) in [5, 5.41) is 6.61. The zero-order chi connectivity index (χ0) is 13.1. The van der Waals surface area contributed by atoms with E-state index in [0.29, 0.717) is 5.41 Å². The molecule has 0 bridgehead atoms. The Morgan fingerprint density at radius 2 is 1.89 bits per heavy atom. The number of nitrogens with zero attached hydrogens (tertiary/aromatic N) is 1. The molecule has 18 heavy (non-hydrogen) atoms. The van der Waals surface area contributed by atoms with Crippen LogP contribution in [0, 0.1) is 5.41 Å². The second-order valence-corrected chi connectivity index (χ2v) is 6.33. The highest BCUT2D eigenvalue weighted by molar-refractivity contribution is 14.0. The van der Waals surface area contributed by atoms with Crippen molar-refractivity contribution in [2.75, 3.05) is 31.6 Å². The third kappa shape index (κ3) is 14.4. The van der Waals surface area contributed by atoms with E-state index in [9.17, 15) is 0 Å². The zero-order valence-corrected chi connectivity index (χ0v) is 15.7. The van der Waals surface area contributed by atoms with E-state index in [4.69, 9.17) is 0 Å². The van der Waals surface area contributed by atoms with Gasteiger partial charge < -0.3 is 10.6 Å². The standard InChI is InChI=1S/C13H29N3S.HI/c1-6-14-12(16-10-11-17-5)15-9-7-8-13(2,3)4;/h6-11H2,1-5H3,(H2,14,15,16);1H. The summed E-state index contributed by atoms with van der Waals surface area (Å²) in [4.78, 5) is 4.57. The van der Waals surface area contributed by atoms with Crippen LogP contribution in [0.4, 0.5) is 0 Å². The van der Waals surface area contributed by atoms with Crippen LogP contribution in [0.2, 0.25) is 0 Å². The molecule has 3 nitrogen and oxygen atoms in total. The molecule has 0 saturated heterocycles. The van der Waals surface area contributed by atoms with Crippen LogP contribution in [0.5, 0.6) is 0 Å². The van der Waals surface area contributed by atoms with Crippen LogP contribution >= 0.6 is 35.7 Å². The van der Waals surface area contributed by atoms with Gasteiger partial charge in [-0.1, -0.05) is 20.8 Å². The molecule has 0 aromatic rings. The Hall–Kier alpha value is 0.350. The molecule has 110 valence electrons. The van der Waals surface area contributed by atoms with Crippen LogP contribution in [0.25, 0.3) is 0 Å². The van der Waals surface area contributed by atoms with Crippen molar-refractivity contribution >= 4 is 41.7 Å². The SMILES string of the molecule is CCNC(=NCCCC(C)(C)C)NCCSC.I. The van der Waals surface area contributed by atoms with Gasteiger partial charge in [0.05, 0.1) is 0 Å². The van der Waals surface area contributed by atoms with Crippen molar-refractivity contribution < 1.29 is 0 Å². The minimum absolute atomic E-state index is 0. The summed E-state index contributed by atoms with van der Waals surface area (Å²) in [5.41, 5.74) is 0.417. The molecule has 0 heterocycles. The maximum atomic E-state index is 4.57. The van der Waals surface area contributed by atoms with E-state index in [-0.39, 0.29) is 24.0 Å². The van der Waals surface area contributed by atoms with Crippen molar-refractivity contribution in [1.29, 1.82) is 0 Å². The molecule has 0 fully saturated rings. The third-order valence-electron chi connectivity index (χ3n) is 2.30. The number of halogens is 1. The van der Waals surface area contributed by atoms with Crippen molar-refractivity contribution in [3.05, 3.63) is 0 Å². The molecule has 0 rings (SSSR count). The molecule has 0 aliphatic rings. The minimum Gasteiger partial charge on any atom is -0.357 e. The van der Waals surface area contributed by atoms with Crippen molar-refractivity contribution in [1.82, 2.24) is 10.6 Å². The van der Waals surface area contributed by atoms with Crippen molar-refractivity contribution in [3.63, 3.8) is 0 Å². The number of thioether (sulfide) groups is 1. The van der Waals surface area contributed by atoms with E-state index in [1.807, 2.05) is 11.8 Å². The summed E-state index contributed by atoms with van der Waals surface area (Å²) in [6, 6.07) is 0. The maximum absolute atomic E-state index is 4.57. The van der Waals surface area contributed by atoms with Crippen LogP contribution in [-0.2, 0) is 0 Å². The summed E-state index contributed by atoms with van der Waals surface area (Å²) in [6.07, 6.45) is 4.50. The number of hydrogen-bond donors (Lipinski definition) is 2. The Morgan fingerprint density at radius 1 is 1.22 bits per heavy atom. The molecule has 5 heteroatoms. The Bertz CT molecular complexity index is 215. The first-order valence-corrected chi connectivity index (χ1v) is 7.90. The summed E-state index contributed by atoms with van der Waals surface area (Å²) in [7, 11) is 0. The topological polar surface area (TPSA) is 36.4 Å². The van der Waals surface area contributed by atoms with Gasteiger partial charge in [0.15, 0.2) is 5.96 Å². The number of rotatable bonds is 7. The molecule has 0 aliphatic carbocycles. The predicted molar refractivity (Wildman–Crippen MR) is 96.5 cm³/mol. The Balaban J connectivity index is 0. The molecule has 0 spiro atoms. The third-order valence-corrected chi connectivity index (χ3v) is 2.91. The molecule has 0 radical (unpaired) electrons. The predicted octanol–water partition coefficient (Wildman–Crippen LogP) is 3.35. The van der Waals surface area contributed by atoms with Crippen LogP contribution in [0.15, 0.2) is 4.99 Å². The lowest BCUT2D eigenvalue weighted by molar-refractivity contribution is 0.368. The molecule has 0 aromatic heterocycles. The fraction of sp³-hybridized carbons (Fsp3) is 0.923. The van der Waals surface area contributed by atoms with Crippen LogP contribution < -0.4 is 10.6 Å². The number of hydrogen-bond acceptors (Lipinski definition) is 2. The van der Waals surface area contributed by atoms with Gasteiger partial charge in [-0.05, 0) is 31.4 Å². The van der Waals surface area contributed by atoms with Gasteiger partial charge in [-0.15, -0.1) is 24.0 Å². The van der Waals surface area contributed by atoms with Gasteiger partial charge in [-0.25, -0.2) is 0 Å². The Labute approximate surface area is 134 Å². The molecule has 0 saturated carbocycles. The molecular weight excluding hydrogens is 357 g/mol. The van der Waals surface area contributed by atoms with E-state index >= 15 is 0 Å². The van der Waals surface area contributed by atoms with Crippen LogP contribution in [-0.4, -0.2) is 37.6 Å². The molecule has 0 unspecified atom stereocenters. The van der Waals surface area contributed by atoms with Crippen LogP contribution in [0.1, 0.15) is 40.5 Å². The molecule has 2 N–H and O–H groups in total. The minimum atomic E-state index is 0. The zero-order valence-electron chi connectivity index (χ0n) is 12.5. The molecule has 0 amide bonds. The molecule has 0 aromatic carbocycles. The van der Waals surface area contributed by atoms with Crippen LogP contribution in [0.3, 0.4) is 0 Å². The van der Waals surface area contributed by atoms with Gasteiger partial charge in [-0.2, -0.15) is 11.8 Å². The number of nitrogens with one attached hydrogen (secondary N) is 2. The fourth-order valence-electron chi connectivity index (χ4n) is 1.41. The first-order valence-electron chi connectivity index (χ1n) is 6.50. The van der Waals surface area contributed by atoms with E-state index in [0.717, 1.165) is 37.8 Å². The lowest BCUT2D eigenvalue weighted by Gasteiger charge is -2.17. The maximum Gasteiger partial charge on any atom is 0.191 e. The molecule has 0 atom stereocenters. The monoisotopic (exact) mass is 387 g/mol. The lowest BCUT2D eigenvalue weighted by atomic mass is 9.91. The summed E-state index contributed by atoms with van der Waals surface area (Å²) < 4.78 is 0. The van der Waals surface area contributed by atoms with E-state index in [1.165, 1.54) is 6.42 Å². The normalized spacial score (nSPS) is 11.9. The van der Waals surface area contributed by atoms with Gasteiger partial charge in [0.2, 0.25) is 0 Å². The summed E-state index contributed by atoms with van der Waals surface area (Å²) >= 11 is 1.85. The largest absolute Gasteiger partial charge is 0.357 e. The highest BCUT2D eigenvalue weighted by Crippen LogP contribution is 2.20. The van der Waals surface area contributed by atoms with Crippen molar-refractivity contribution in [2.24, 2.45) is 10.4 Å². The fourth-order valence-corrected chi connectivity index (χ4v) is 1.72. The smallest absolute Gasteiger partial charge is 0.191 e. The highest BCUT2D eigenvalue weighted by atomic mass is 127. The summed E-state index contributed by atoms with van der Waals surface area (Å²) in [5.74, 6) is 2.07. The average Bonchev–Trinajstić information content (AvgIpc) is 2.23. The van der Waals surface area contributed by atoms with Gasteiger partial charge in [0.1, 0.15) is 0 Å². The lowest BCUT2D eigenvalue weighted by Crippen LogP contribution is -2.38. The first kappa shape index (κ1) is 20.7. The van der Waals surface area contributed by atoms with E-state index < -0.39 is 0 Å². The number of aliphatic imine (C=N–C) groups is 1. The average molecular weight is 387 g/mol. The first-order chi connectivity index (χ1) is 7.99.